The van der Waals surface area contributed by atoms with Gasteiger partial charge in [0.05, 0.1) is 0 Å². The van der Waals surface area contributed by atoms with Crippen LogP contribution in [-0.2, 0) is 4.74 Å². The number of hydrogen-bond acceptors (Lipinski definition) is 2. The Morgan fingerprint density at radius 3 is 2.27 bits per heavy atom. The van der Waals surface area contributed by atoms with E-state index in [2.05, 4.69) is 35.1 Å². The Labute approximate surface area is 101 Å². The van der Waals surface area contributed by atoms with E-state index in [0.717, 1.165) is 11.8 Å². The lowest BCUT2D eigenvalue weighted by Gasteiger charge is -2.23. The minimum atomic E-state index is -0.432. The van der Waals surface area contributed by atoms with Crippen LogP contribution in [0.25, 0.3) is 0 Å². The Morgan fingerprint density at radius 1 is 1.40 bits per heavy atom. The molecule has 1 N–H and O–H groups in total. The number of amides is 1. The van der Waals surface area contributed by atoms with Crippen LogP contribution < -0.4 is 5.32 Å². The lowest BCUT2D eigenvalue weighted by Crippen LogP contribution is -2.40. The smallest absolute Gasteiger partial charge is 0.407 e. The molecule has 1 atom stereocenters. The molecule has 0 aromatic rings. The first-order chi connectivity index (χ1) is 6.74. The largest absolute Gasteiger partial charge is 0.444 e. The van der Waals surface area contributed by atoms with Crippen LogP contribution in [-0.4, -0.2) is 23.1 Å². The molecule has 0 heterocycles. The van der Waals surface area contributed by atoms with E-state index in [0.29, 0.717) is 5.92 Å². The third-order valence-electron chi connectivity index (χ3n) is 1.66. The van der Waals surface area contributed by atoms with E-state index in [9.17, 15) is 4.79 Å². The second-order valence-electron chi connectivity index (χ2n) is 5.13. The summed E-state index contributed by atoms with van der Waals surface area (Å²) in [5.41, 5.74) is -0.432. The molecule has 0 saturated carbocycles. The van der Waals surface area contributed by atoms with Crippen molar-refractivity contribution in [3.05, 3.63) is 0 Å². The standard InChI is InChI=1S/C11H22BrNO2/c1-8(2)6-9(7-12)13-10(14)15-11(3,4)5/h8-9H,6-7H2,1-5H3,(H,13,14)/t9-/m1/s1. The van der Waals surface area contributed by atoms with Gasteiger partial charge in [-0.15, -0.1) is 0 Å². The number of hydrogen-bond donors (Lipinski definition) is 1. The predicted molar refractivity (Wildman–Crippen MR) is 66.4 cm³/mol. The van der Waals surface area contributed by atoms with Gasteiger partial charge in [-0.05, 0) is 33.1 Å². The van der Waals surface area contributed by atoms with E-state index in [1.54, 1.807) is 0 Å². The third kappa shape index (κ3) is 8.73. The van der Waals surface area contributed by atoms with E-state index >= 15 is 0 Å². The topological polar surface area (TPSA) is 38.3 Å². The van der Waals surface area contributed by atoms with Gasteiger partial charge >= 0.3 is 6.09 Å². The number of rotatable bonds is 4. The predicted octanol–water partition coefficient (Wildman–Crippen LogP) is 3.32. The molecule has 1 amide bonds. The SMILES string of the molecule is CC(C)C[C@H](CBr)NC(=O)OC(C)(C)C. The molecule has 15 heavy (non-hydrogen) atoms. The molecule has 0 spiro atoms. The quantitative estimate of drug-likeness (QED) is 0.802. The summed E-state index contributed by atoms with van der Waals surface area (Å²) in [6.45, 7) is 9.84. The van der Waals surface area contributed by atoms with Gasteiger partial charge in [0.15, 0.2) is 0 Å². The monoisotopic (exact) mass is 279 g/mol. The van der Waals surface area contributed by atoms with Crippen molar-refractivity contribution in [1.82, 2.24) is 5.32 Å². The zero-order valence-corrected chi connectivity index (χ0v) is 11.8. The van der Waals surface area contributed by atoms with Gasteiger partial charge in [0.25, 0.3) is 0 Å². The molecule has 0 aromatic carbocycles. The molecule has 0 aliphatic rings. The van der Waals surface area contributed by atoms with Crippen molar-refractivity contribution in [2.75, 3.05) is 5.33 Å². The second-order valence-corrected chi connectivity index (χ2v) is 5.77. The van der Waals surface area contributed by atoms with E-state index in [-0.39, 0.29) is 12.1 Å². The Balaban J connectivity index is 4.02. The van der Waals surface area contributed by atoms with Crippen LogP contribution in [0.4, 0.5) is 4.79 Å². The van der Waals surface area contributed by atoms with Gasteiger partial charge in [-0.1, -0.05) is 29.8 Å². The molecule has 0 radical (unpaired) electrons. The van der Waals surface area contributed by atoms with E-state index in [4.69, 9.17) is 4.74 Å². The van der Waals surface area contributed by atoms with Crippen molar-refractivity contribution in [3.63, 3.8) is 0 Å². The number of ether oxygens (including phenoxy) is 1. The van der Waals surface area contributed by atoms with Gasteiger partial charge in [-0.3, -0.25) is 0 Å². The average molecular weight is 280 g/mol. The summed E-state index contributed by atoms with van der Waals surface area (Å²) in [6.07, 6.45) is 0.609. The second kappa shape index (κ2) is 6.36. The summed E-state index contributed by atoms with van der Waals surface area (Å²) in [6, 6.07) is 0.139. The summed E-state index contributed by atoms with van der Waals surface area (Å²) >= 11 is 3.38. The fourth-order valence-electron chi connectivity index (χ4n) is 1.20. The molecular weight excluding hydrogens is 258 g/mol. The molecule has 0 rings (SSSR count). The highest BCUT2D eigenvalue weighted by molar-refractivity contribution is 9.09. The Bertz CT molecular complexity index is 199. The maximum atomic E-state index is 11.5. The third-order valence-corrected chi connectivity index (χ3v) is 2.44. The van der Waals surface area contributed by atoms with E-state index in [1.807, 2.05) is 20.8 Å². The van der Waals surface area contributed by atoms with Crippen LogP contribution in [0.3, 0.4) is 0 Å². The van der Waals surface area contributed by atoms with Crippen LogP contribution in [0.5, 0.6) is 0 Å². The van der Waals surface area contributed by atoms with Crippen LogP contribution in [0, 0.1) is 5.92 Å². The number of alkyl halides is 1. The van der Waals surface area contributed by atoms with Crippen LogP contribution in [0.2, 0.25) is 0 Å². The maximum Gasteiger partial charge on any atom is 0.407 e. The van der Waals surface area contributed by atoms with Gasteiger partial charge in [0, 0.05) is 11.4 Å². The Hall–Kier alpha value is -0.250. The normalized spacial score (nSPS) is 13.8. The number of nitrogens with one attached hydrogen (secondary N) is 1. The highest BCUT2D eigenvalue weighted by Gasteiger charge is 2.19. The molecule has 0 fully saturated rings. The molecule has 0 aliphatic heterocycles. The molecule has 90 valence electrons. The van der Waals surface area contributed by atoms with Crippen molar-refractivity contribution >= 4 is 22.0 Å². The van der Waals surface area contributed by atoms with Crippen molar-refractivity contribution < 1.29 is 9.53 Å². The first-order valence-electron chi connectivity index (χ1n) is 5.30. The Kier molecular flexibility index (Phi) is 6.25. The Morgan fingerprint density at radius 2 is 1.93 bits per heavy atom. The molecule has 0 unspecified atom stereocenters. The molecular formula is C11H22BrNO2. The molecule has 0 bridgehead atoms. The van der Waals surface area contributed by atoms with Crippen molar-refractivity contribution in [1.29, 1.82) is 0 Å². The highest BCUT2D eigenvalue weighted by Crippen LogP contribution is 2.10. The number of carbonyl (C=O) groups is 1. The fourth-order valence-corrected chi connectivity index (χ4v) is 1.63. The lowest BCUT2D eigenvalue weighted by atomic mass is 10.1. The van der Waals surface area contributed by atoms with Crippen molar-refractivity contribution in [2.24, 2.45) is 5.92 Å². The fraction of sp³-hybridized carbons (Fsp3) is 0.909. The molecule has 0 saturated heterocycles. The average Bonchev–Trinajstić information content (AvgIpc) is 1.98. The van der Waals surface area contributed by atoms with Gasteiger partial charge in [-0.2, -0.15) is 0 Å². The van der Waals surface area contributed by atoms with Crippen LogP contribution >= 0.6 is 15.9 Å². The summed E-state index contributed by atoms with van der Waals surface area (Å²) in [5.74, 6) is 0.558. The van der Waals surface area contributed by atoms with Gasteiger partial charge in [0.2, 0.25) is 0 Å². The summed E-state index contributed by atoms with van der Waals surface area (Å²) in [7, 11) is 0. The maximum absolute atomic E-state index is 11.5. The van der Waals surface area contributed by atoms with Gasteiger partial charge in [0.1, 0.15) is 5.60 Å². The van der Waals surface area contributed by atoms with Gasteiger partial charge in [-0.25, -0.2) is 4.79 Å². The summed E-state index contributed by atoms with van der Waals surface area (Å²) < 4.78 is 5.18. The minimum absolute atomic E-state index is 0.139. The van der Waals surface area contributed by atoms with E-state index < -0.39 is 5.60 Å². The van der Waals surface area contributed by atoms with Gasteiger partial charge < -0.3 is 10.1 Å². The summed E-state index contributed by atoms with van der Waals surface area (Å²) in [5, 5.41) is 3.60. The van der Waals surface area contributed by atoms with Crippen LogP contribution in [0.1, 0.15) is 41.0 Å². The number of alkyl carbamates (subject to hydrolysis) is 1. The van der Waals surface area contributed by atoms with Crippen molar-refractivity contribution in [2.45, 2.75) is 52.7 Å². The minimum Gasteiger partial charge on any atom is -0.444 e. The number of halogens is 1. The lowest BCUT2D eigenvalue weighted by molar-refractivity contribution is 0.0505. The zero-order chi connectivity index (χ0) is 12.1. The summed E-state index contributed by atoms with van der Waals surface area (Å²) in [4.78, 5) is 11.5. The molecule has 4 heteroatoms. The zero-order valence-electron chi connectivity index (χ0n) is 10.3. The van der Waals surface area contributed by atoms with Crippen molar-refractivity contribution in [3.8, 4) is 0 Å². The first kappa shape index (κ1) is 14.8. The van der Waals surface area contributed by atoms with Crippen LogP contribution in [0.15, 0.2) is 0 Å². The highest BCUT2D eigenvalue weighted by atomic mass is 79.9. The first-order valence-corrected chi connectivity index (χ1v) is 6.42. The number of carbonyl (C=O) groups excluding carboxylic acids is 1. The molecule has 0 aromatic heterocycles. The molecule has 0 aliphatic carbocycles. The van der Waals surface area contributed by atoms with E-state index in [1.165, 1.54) is 0 Å². The molecule has 3 nitrogen and oxygen atoms in total.